The summed E-state index contributed by atoms with van der Waals surface area (Å²) in [5.74, 6) is 1.29. The minimum atomic E-state index is 0.524. The third-order valence-corrected chi connectivity index (χ3v) is 3.93. The van der Waals surface area contributed by atoms with E-state index in [-0.39, 0.29) is 0 Å². The largest absolute Gasteiger partial charge is 0.381 e. The Morgan fingerprint density at radius 2 is 2.07 bits per heavy atom. The highest BCUT2D eigenvalue weighted by molar-refractivity contribution is 7.98. The zero-order chi connectivity index (χ0) is 11.0. The van der Waals surface area contributed by atoms with Crippen LogP contribution in [0, 0.1) is 5.41 Å². The van der Waals surface area contributed by atoms with Crippen molar-refractivity contribution in [3.63, 3.8) is 0 Å². The van der Waals surface area contributed by atoms with E-state index in [0.717, 1.165) is 19.8 Å². The van der Waals surface area contributed by atoms with Crippen LogP contribution in [0.4, 0.5) is 0 Å². The average Bonchev–Trinajstić information content (AvgIpc) is 2.28. The molecule has 0 aromatic carbocycles. The first kappa shape index (κ1) is 13.3. The molecule has 1 heterocycles. The Hall–Kier alpha value is 0.270. The molecule has 0 radical (unpaired) electrons. The zero-order valence-electron chi connectivity index (χ0n) is 10.2. The van der Waals surface area contributed by atoms with Gasteiger partial charge in [-0.25, -0.2) is 0 Å². The molecule has 0 atom stereocenters. The first-order valence-corrected chi connectivity index (χ1v) is 7.50. The summed E-state index contributed by atoms with van der Waals surface area (Å²) in [4.78, 5) is 0. The van der Waals surface area contributed by atoms with E-state index in [1.165, 1.54) is 38.0 Å². The van der Waals surface area contributed by atoms with E-state index in [2.05, 4.69) is 18.5 Å². The predicted molar refractivity (Wildman–Crippen MR) is 68.6 cm³/mol. The van der Waals surface area contributed by atoms with Crippen LogP contribution < -0.4 is 5.32 Å². The molecule has 1 aliphatic heterocycles. The van der Waals surface area contributed by atoms with Crippen LogP contribution in [-0.4, -0.2) is 38.3 Å². The van der Waals surface area contributed by atoms with Gasteiger partial charge in [-0.05, 0) is 49.7 Å². The van der Waals surface area contributed by atoms with E-state index in [9.17, 15) is 0 Å². The van der Waals surface area contributed by atoms with Gasteiger partial charge in [-0.1, -0.05) is 6.92 Å². The van der Waals surface area contributed by atoms with Gasteiger partial charge in [0.2, 0.25) is 0 Å². The topological polar surface area (TPSA) is 21.3 Å². The highest BCUT2D eigenvalue weighted by atomic mass is 32.2. The fraction of sp³-hybridized carbons (Fsp3) is 1.00. The van der Waals surface area contributed by atoms with Gasteiger partial charge in [0, 0.05) is 19.8 Å². The van der Waals surface area contributed by atoms with E-state index in [4.69, 9.17) is 4.74 Å². The number of thioether (sulfide) groups is 1. The Bertz CT molecular complexity index is 158. The zero-order valence-corrected chi connectivity index (χ0v) is 11.0. The second-order valence-corrected chi connectivity index (χ2v) is 5.52. The molecular weight excluding hydrogens is 206 g/mol. The summed E-state index contributed by atoms with van der Waals surface area (Å²) in [7, 11) is 0. The molecule has 90 valence electrons. The van der Waals surface area contributed by atoms with Gasteiger partial charge in [0.15, 0.2) is 0 Å². The van der Waals surface area contributed by atoms with Crippen LogP contribution in [0.15, 0.2) is 0 Å². The van der Waals surface area contributed by atoms with Crippen LogP contribution in [0.1, 0.15) is 32.6 Å². The van der Waals surface area contributed by atoms with Crippen molar-refractivity contribution in [2.24, 2.45) is 5.41 Å². The lowest BCUT2D eigenvalue weighted by molar-refractivity contribution is 0.0135. The highest BCUT2D eigenvalue weighted by Crippen LogP contribution is 2.34. The molecule has 0 saturated carbocycles. The molecule has 1 aliphatic rings. The van der Waals surface area contributed by atoms with E-state index < -0.39 is 0 Å². The summed E-state index contributed by atoms with van der Waals surface area (Å²) in [6, 6.07) is 0. The van der Waals surface area contributed by atoms with Gasteiger partial charge in [-0.15, -0.1) is 0 Å². The summed E-state index contributed by atoms with van der Waals surface area (Å²) in [5, 5.41) is 3.59. The first-order valence-electron chi connectivity index (χ1n) is 6.10. The molecule has 2 nitrogen and oxygen atoms in total. The molecule has 1 N–H and O–H groups in total. The van der Waals surface area contributed by atoms with Crippen molar-refractivity contribution >= 4 is 11.8 Å². The Morgan fingerprint density at radius 1 is 1.33 bits per heavy atom. The number of ether oxygens (including phenoxy) is 1. The molecule has 1 saturated heterocycles. The molecule has 0 spiro atoms. The van der Waals surface area contributed by atoms with Gasteiger partial charge in [-0.2, -0.15) is 11.8 Å². The SMILES string of the molecule is CCCNCC1(CCSC)CCOCC1. The van der Waals surface area contributed by atoms with Gasteiger partial charge in [0.1, 0.15) is 0 Å². The van der Waals surface area contributed by atoms with Crippen LogP contribution in [-0.2, 0) is 4.74 Å². The standard InChI is InChI=1S/C12H25NOS/c1-3-7-13-11-12(6-10-15-2)4-8-14-9-5-12/h13H,3-11H2,1-2H3. The molecule has 0 unspecified atom stereocenters. The maximum absolute atomic E-state index is 5.48. The molecular formula is C12H25NOS. The van der Waals surface area contributed by atoms with Crippen molar-refractivity contribution in [1.29, 1.82) is 0 Å². The van der Waals surface area contributed by atoms with Crippen molar-refractivity contribution < 1.29 is 4.74 Å². The van der Waals surface area contributed by atoms with Crippen molar-refractivity contribution in [2.75, 3.05) is 38.3 Å². The predicted octanol–water partition coefficient (Wildman–Crippen LogP) is 2.54. The van der Waals surface area contributed by atoms with E-state index in [0.29, 0.717) is 5.41 Å². The Balaban J connectivity index is 2.35. The quantitative estimate of drug-likeness (QED) is 0.680. The third-order valence-electron chi connectivity index (χ3n) is 3.32. The van der Waals surface area contributed by atoms with Crippen LogP contribution in [0.5, 0.6) is 0 Å². The molecule has 1 fully saturated rings. The molecule has 15 heavy (non-hydrogen) atoms. The first-order chi connectivity index (χ1) is 7.33. The van der Waals surface area contributed by atoms with Crippen molar-refractivity contribution in [3.05, 3.63) is 0 Å². The number of hydrogen-bond donors (Lipinski definition) is 1. The van der Waals surface area contributed by atoms with E-state index in [1.807, 2.05) is 11.8 Å². The smallest absolute Gasteiger partial charge is 0.0471 e. The summed E-state index contributed by atoms with van der Waals surface area (Å²) in [5.41, 5.74) is 0.524. The maximum Gasteiger partial charge on any atom is 0.0471 e. The summed E-state index contributed by atoms with van der Waals surface area (Å²) >= 11 is 1.96. The average molecular weight is 231 g/mol. The molecule has 0 aromatic rings. The molecule has 0 aliphatic carbocycles. The van der Waals surface area contributed by atoms with Crippen molar-refractivity contribution in [1.82, 2.24) is 5.32 Å². The highest BCUT2D eigenvalue weighted by Gasteiger charge is 2.31. The maximum atomic E-state index is 5.48. The fourth-order valence-corrected chi connectivity index (χ4v) is 2.81. The second kappa shape index (κ2) is 7.53. The summed E-state index contributed by atoms with van der Waals surface area (Å²) < 4.78 is 5.48. The Morgan fingerprint density at radius 3 is 2.67 bits per heavy atom. The van der Waals surface area contributed by atoms with Crippen LogP contribution >= 0.6 is 11.8 Å². The minimum absolute atomic E-state index is 0.524. The number of rotatable bonds is 7. The van der Waals surface area contributed by atoms with Crippen molar-refractivity contribution in [3.8, 4) is 0 Å². The number of nitrogens with one attached hydrogen (secondary N) is 1. The Labute approximate surface area is 98.5 Å². The Kier molecular flexibility index (Phi) is 6.69. The molecule has 0 amide bonds. The minimum Gasteiger partial charge on any atom is -0.381 e. The van der Waals surface area contributed by atoms with Crippen LogP contribution in [0.25, 0.3) is 0 Å². The van der Waals surface area contributed by atoms with Crippen molar-refractivity contribution in [2.45, 2.75) is 32.6 Å². The summed E-state index contributed by atoms with van der Waals surface area (Å²) in [6.45, 7) is 6.49. The normalized spacial score (nSPS) is 20.4. The lowest BCUT2D eigenvalue weighted by atomic mass is 9.78. The monoisotopic (exact) mass is 231 g/mol. The van der Waals surface area contributed by atoms with Gasteiger partial charge in [0.05, 0.1) is 0 Å². The third kappa shape index (κ3) is 4.75. The lowest BCUT2D eigenvalue weighted by Crippen LogP contribution is -2.39. The number of hydrogen-bond acceptors (Lipinski definition) is 3. The fourth-order valence-electron chi connectivity index (χ4n) is 2.17. The second-order valence-electron chi connectivity index (χ2n) is 4.53. The van der Waals surface area contributed by atoms with Gasteiger partial charge < -0.3 is 10.1 Å². The van der Waals surface area contributed by atoms with Gasteiger partial charge >= 0.3 is 0 Å². The van der Waals surface area contributed by atoms with E-state index in [1.54, 1.807) is 0 Å². The molecule has 0 aromatic heterocycles. The summed E-state index contributed by atoms with van der Waals surface area (Å²) in [6.07, 6.45) is 7.25. The van der Waals surface area contributed by atoms with Gasteiger partial charge in [0.25, 0.3) is 0 Å². The van der Waals surface area contributed by atoms with Gasteiger partial charge in [-0.3, -0.25) is 0 Å². The van der Waals surface area contributed by atoms with E-state index >= 15 is 0 Å². The molecule has 3 heteroatoms. The molecule has 0 bridgehead atoms. The van der Waals surface area contributed by atoms with Crippen LogP contribution in [0.3, 0.4) is 0 Å². The molecule has 1 rings (SSSR count). The van der Waals surface area contributed by atoms with Crippen LogP contribution in [0.2, 0.25) is 0 Å². The lowest BCUT2D eigenvalue weighted by Gasteiger charge is -2.37.